The minimum Gasteiger partial charge on any atom is -0.377 e. The highest BCUT2D eigenvalue weighted by Crippen LogP contribution is 2.21. The van der Waals surface area contributed by atoms with Gasteiger partial charge in [0.15, 0.2) is 0 Å². The molecule has 2 rings (SSSR count). The Morgan fingerprint density at radius 1 is 1.44 bits per heavy atom. The van der Waals surface area contributed by atoms with Crippen LogP contribution < -0.4 is 5.73 Å². The van der Waals surface area contributed by atoms with Crippen LogP contribution >= 0.6 is 0 Å². The Balaban J connectivity index is 2.10. The maximum absolute atomic E-state index is 13.3. The van der Waals surface area contributed by atoms with Crippen LogP contribution in [0.15, 0.2) is 18.2 Å². The molecule has 1 aromatic rings. The van der Waals surface area contributed by atoms with Crippen LogP contribution in [0.4, 0.5) is 4.39 Å². The number of hydrogen-bond donors (Lipinski definition) is 1. The lowest BCUT2D eigenvalue weighted by Gasteiger charge is -2.27. The van der Waals surface area contributed by atoms with Gasteiger partial charge in [-0.1, -0.05) is 6.07 Å². The van der Waals surface area contributed by atoms with Gasteiger partial charge in [0.1, 0.15) is 5.82 Å². The van der Waals surface area contributed by atoms with E-state index in [-0.39, 0.29) is 11.9 Å². The summed E-state index contributed by atoms with van der Waals surface area (Å²) in [6.07, 6.45) is 1.27. The predicted molar refractivity (Wildman–Crippen MR) is 69.6 cm³/mol. The zero-order valence-electron chi connectivity index (χ0n) is 11.0. The Labute approximate surface area is 108 Å². The molecule has 4 heteroatoms. The number of halogens is 1. The number of nitrogens with zero attached hydrogens (tertiary/aromatic N) is 1. The van der Waals surface area contributed by atoms with Gasteiger partial charge in [-0.3, -0.25) is 4.90 Å². The molecule has 1 saturated heterocycles. The van der Waals surface area contributed by atoms with Gasteiger partial charge in [-0.25, -0.2) is 4.39 Å². The molecule has 1 aliphatic heterocycles. The van der Waals surface area contributed by atoms with Crippen LogP contribution in [0, 0.1) is 5.82 Å². The molecule has 2 N–H and O–H groups in total. The molecule has 1 heterocycles. The van der Waals surface area contributed by atoms with Crippen molar-refractivity contribution in [3.05, 3.63) is 35.1 Å². The highest BCUT2D eigenvalue weighted by atomic mass is 19.1. The van der Waals surface area contributed by atoms with E-state index in [1.54, 1.807) is 12.1 Å². The van der Waals surface area contributed by atoms with E-state index in [0.29, 0.717) is 19.1 Å². The summed E-state index contributed by atoms with van der Waals surface area (Å²) >= 11 is 0. The van der Waals surface area contributed by atoms with Crippen molar-refractivity contribution in [2.24, 2.45) is 5.73 Å². The zero-order valence-corrected chi connectivity index (χ0v) is 11.0. The monoisotopic (exact) mass is 252 g/mol. The third-order valence-electron chi connectivity index (χ3n) is 3.71. The summed E-state index contributed by atoms with van der Waals surface area (Å²) in [7, 11) is 2.06. The summed E-state index contributed by atoms with van der Waals surface area (Å²) in [6.45, 7) is 4.05. The number of rotatable bonds is 4. The quantitative estimate of drug-likeness (QED) is 0.889. The Morgan fingerprint density at radius 2 is 2.22 bits per heavy atom. The van der Waals surface area contributed by atoms with Crippen molar-refractivity contribution in [1.82, 2.24) is 4.90 Å². The van der Waals surface area contributed by atoms with E-state index < -0.39 is 0 Å². The average molecular weight is 252 g/mol. The number of hydrogen-bond acceptors (Lipinski definition) is 3. The lowest BCUT2D eigenvalue weighted by molar-refractivity contribution is 0.0813. The molecule has 0 amide bonds. The molecule has 0 saturated carbocycles. The van der Waals surface area contributed by atoms with Crippen LogP contribution in [0.5, 0.6) is 0 Å². The van der Waals surface area contributed by atoms with Crippen LogP contribution in [0.3, 0.4) is 0 Å². The maximum atomic E-state index is 13.3. The summed E-state index contributed by atoms with van der Waals surface area (Å²) in [5, 5.41) is 0. The first-order valence-electron chi connectivity index (χ1n) is 6.41. The van der Waals surface area contributed by atoms with Gasteiger partial charge in [-0.2, -0.15) is 0 Å². The fraction of sp³-hybridized carbons (Fsp3) is 0.571. The first-order chi connectivity index (χ1) is 8.61. The van der Waals surface area contributed by atoms with E-state index in [1.165, 1.54) is 6.07 Å². The highest BCUT2D eigenvalue weighted by molar-refractivity contribution is 5.27. The molecule has 0 aromatic heterocycles. The van der Waals surface area contributed by atoms with Crippen molar-refractivity contribution in [3.63, 3.8) is 0 Å². The van der Waals surface area contributed by atoms with Gasteiger partial charge < -0.3 is 10.5 Å². The maximum Gasteiger partial charge on any atom is 0.123 e. The molecular weight excluding hydrogens is 231 g/mol. The number of ether oxygens (including phenoxy) is 1. The topological polar surface area (TPSA) is 38.5 Å². The SMILES string of the molecule is CC1OCCC1N(C)Cc1cc(F)ccc1CN. The molecular formula is C14H21FN2O. The third-order valence-corrected chi connectivity index (χ3v) is 3.71. The minimum absolute atomic E-state index is 0.202. The Bertz CT molecular complexity index is 411. The Morgan fingerprint density at radius 3 is 2.83 bits per heavy atom. The van der Waals surface area contributed by atoms with Crippen molar-refractivity contribution in [2.45, 2.75) is 38.6 Å². The molecule has 0 aliphatic carbocycles. The van der Waals surface area contributed by atoms with Gasteiger partial charge in [0.25, 0.3) is 0 Å². The zero-order chi connectivity index (χ0) is 13.1. The van der Waals surface area contributed by atoms with E-state index in [4.69, 9.17) is 10.5 Å². The van der Waals surface area contributed by atoms with E-state index in [1.807, 2.05) is 0 Å². The summed E-state index contributed by atoms with van der Waals surface area (Å²) in [5.74, 6) is -0.202. The molecule has 18 heavy (non-hydrogen) atoms. The molecule has 0 radical (unpaired) electrons. The van der Waals surface area contributed by atoms with Crippen LogP contribution in [0.2, 0.25) is 0 Å². The standard InChI is InChI=1S/C14H21FN2O/c1-10-14(5-6-18-10)17(2)9-12-7-13(15)4-3-11(12)8-16/h3-4,7,10,14H,5-6,8-9,16H2,1-2H3. The fourth-order valence-corrected chi connectivity index (χ4v) is 2.63. The van der Waals surface area contributed by atoms with E-state index >= 15 is 0 Å². The van der Waals surface area contributed by atoms with Gasteiger partial charge >= 0.3 is 0 Å². The van der Waals surface area contributed by atoms with Crippen LogP contribution in [-0.4, -0.2) is 30.7 Å². The first-order valence-corrected chi connectivity index (χ1v) is 6.41. The normalized spacial score (nSPS) is 23.8. The van der Waals surface area contributed by atoms with Crippen molar-refractivity contribution in [3.8, 4) is 0 Å². The molecule has 2 unspecified atom stereocenters. The Kier molecular flexibility index (Phi) is 4.32. The summed E-state index contributed by atoms with van der Waals surface area (Å²) < 4.78 is 18.9. The number of benzene rings is 1. The van der Waals surface area contributed by atoms with E-state index in [2.05, 4.69) is 18.9 Å². The largest absolute Gasteiger partial charge is 0.377 e. The van der Waals surface area contributed by atoms with E-state index in [0.717, 1.165) is 24.2 Å². The number of nitrogens with two attached hydrogens (primary N) is 1. The third kappa shape index (κ3) is 2.88. The summed E-state index contributed by atoms with van der Waals surface area (Å²) in [4.78, 5) is 2.23. The second-order valence-corrected chi connectivity index (χ2v) is 4.96. The number of likely N-dealkylation sites (N-methyl/N-ethyl adjacent to an activating group) is 1. The van der Waals surface area contributed by atoms with Gasteiger partial charge in [0.05, 0.1) is 6.10 Å². The van der Waals surface area contributed by atoms with Crippen molar-refractivity contribution >= 4 is 0 Å². The molecule has 2 atom stereocenters. The van der Waals surface area contributed by atoms with Crippen molar-refractivity contribution in [1.29, 1.82) is 0 Å². The molecule has 1 aliphatic rings. The second-order valence-electron chi connectivity index (χ2n) is 4.96. The van der Waals surface area contributed by atoms with Crippen LogP contribution in [-0.2, 0) is 17.8 Å². The molecule has 3 nitrogen and oxygen atoms in total. The molecule has 0 spiro atoms. The lowest BCUT2D eigenvalue weighted by atomic mass is 10.0. The lowest BCUT2D eigenvalue weighted by Crippen LogP contribution is -2.36. The summed E-state index contributed by atoms with van der Waals surface area (Å²) in [5.41, 5.74) is 7.67. The van der Waals surface area contributed by atoms with Crippen LogP contribution in [0.1, 0.15) is 24.5 Å². The Hall–Kier alpha value is -0.970. The molecule has 100 valence electrons. The minimum atomic E-state index is -0.202. The smallest absolute Gasteiger partial charge is 0.123 e. The van der Waals surface area contributed by atoms with Gasteiger partial charge in [0, 0.05) is 25.7 Å². The molecule has 1 fully saturated rings. The second kappa shape index (κ2) is 5.78. The highest BCUT2D eigenvalue weighted by Gasteiger charge is 2.27. The average Bonchev–Trinajstić information content (AvgIpc) is 2.76. The van der Waals surface area contributed by atoms with E-state index in [9.17, 15) is 4.39 Å². The first kappa shape index (κ1) is 13.5. The van der Waals surface area contributed by atoms with Crippen LogP contribution in [0.25, 0.3) is 0 Å². The van der Waals surface area contributed by atoms with Crippen molar-refractivity contribution in [2.75, 3.05) is 13.7 Å². The van der Waals surface area contributed by atoms with Crippen molar-refractivity contribution < 1.29 is 9.13 Å². The summed E-state index contributed by atoms with van der Waals surface area (Å²) in [6, 6.07) is 5.22. The fourth-order valence-electron chi connectivity index (χ4n) is 2.63. The van der Waals surface area contributed by atoms with Gasteiger partial charge in [-0.15, -0.1) is 0 Å². The molecule has 1 aromatic carbocycles. The van der Waals surface area contributed by atoms with Gasteiger partial charge in [0.2, 0.25) is 0 Å². The predicted octanol–water partition coefficient (Wildman–Crippen LogP) is 1.89. The van der Waals surface area contributed by atoms with Gasteiger partial charge in [-0.05, 0) is 43.7 Å². The molecule has 0 bridgehead atoms.